The van der Waals surface area contributed by atoms with Crippen LogP contribution in [-0.2, 0) is 4.79 Å². The number of benzene rings is 1. The molecule has 1 aromatic rings. The van der Waals surface area contributed by atoms with Gasteiger partial charge in [0, 0.05) is 19.0 Å². The molecule has 6 heteroatoms. The van der Waals surface area contributed by atoms with Crippen molar-refractivity contribution < 1.29 is 14.6 Å². The lowest BCUT2D eigenvalue weighted by Crippen LogP contribution is -2.41. The molecule has 0 bridgehead atoms. The second-order valence-electron chi connectivity index (χ2n) is 5.61. The summed E-state index contributed by atoms with van der Waals surface area (Å²) >= 11 is 11.9. The standard InChI is InChI=1S/C16H21Cl2NO3/c17-14-7-6-12(10-15(14)18)22-13-4-3-9-19(11-13)8-2-1-5-16(20)21/h6-7,10,13H,1-5,8-9,11H2,(H,20,21). The summed E-state index contributed by atoms with van der Waals surface area (Å²) in [5.74, 6) is 0.0200. The number of rotatable bonds is 7. The minimum atomic E-state index is -0.723. The summed E-state index contributed by atoms with van der Waals surface area (Å²) in [6.45, 7) is 2.84. The van der Waals surface area contributed by atoms with Gasteiger partial charge in [-0.1, -0.05) is 23.2 Å². The fourth-order valence-electron chi connectivity index (χ4n) is 2.67. The third-order valence-electron chi connectivity index (χ3n) is 3.77. The van der Waals surface area contributed by atoms with Crippen molar-refractivity contribution in [3.05, 3.63) is 28.2 Å². The van der Waals surface area contributed by atoms with Gasteiger partial charge < -0.3 is 9.84 Å². The summed E-state index contributed by atoms with van der Waals surface area (Å²) in [4.78, 5) is 12.8. The summed E-state index contributed by atoms with van der Waals surface area (Å²) in [6, 6.07) is 5.32. The molecular formula is C16H21Cl2NO3. The van der Waals surface area contributed by atoms with Gasteiger partial charge in [-0.25, -0.2) is 0 Å². The maximum Gasteiger partial charge on any atom is 0.303 e. The first-order chi connectivity index (χ1) is 10.5. The van der Waals surface area contributed by atoms with E-state index in [1.54, 1.807) is 12.1 Å². The van der Waals surface area contributed by atoms with Crippen LogP contribution in [-0.4, -0.2) is 41.7 Å². The molecule has 1 aliphatic heterocycles. The van der Waals surface area contributed by atoms with Crippen LogP contribution in [0.4, 0.5) is 0 Å². The molecule has 0 aliphatic carbocycles. The molecule has 1 aromatic carbocycles. The zero-order chi connectivity index (χ0) is 15.9. The molecule has 2 rings (SSSR count). The van der Waals surface area contributed by atoms with E-state index in [1.165, 1.54) is 0 Å². The SMILES string of the molecule is O=C(O)CCCCN1CCCC(Oc2ccc(Cl)c(Cl)c2)C1. The van der Waals surface area contributed by atoms with Crippen LogP contribution in [0, 0.1) is 0 Å². The van der Waals surface area contributed by atoms with Gasteiger partial charge >= 0.3 is 5.97 Å². The molecule has 1 unspecified atom stereocenters. The smallest absolute Gasteiger partial charge is 0.303 e. The molecule has 122 valence electrons. The zero-order valence-corrected chi connectivity index (χ0v) is 13.9. The maximum absolute atomic E-state index is 10.5. The molecule has 0 saturated carbocycles. The minimum absolute atomic E-state index is 0.144. The second-order valence-corrected chi connectivity index (χ2v) is 6.42. The monoisotopic (exact) mass is 345 g/mol. The summed E-state index contributed by atoms with van der Waals surface area (Å²) in [6.07, 6.45) is 4.13. The Bertz CT molecular complexity index is 510. The Kier molecular flexibility index (Phi) is 6.80. The predicted octanol–water partition coefficient (Wildman–Crippen LogP) is 4.09. The molecule has 1 heterocycles. The predicted molar refractivity (Wildman–Crippen MR) is 88.0 cm³/mol. The number of unbranched alkanes of at least 4 members (excludes halogenated alkanes) is 1. The summed E-state index contributed by atoms with van der Waals surface area (Å²) < 4.78 is 5.99. The van der Waals surface area contributed by atoms with E-state index in [4.69, 9.17) is 33.0 Å². The van der Waals surface area contributed by atoms with Crippen LogP contribution in [0.15, 0.2) is 18.2 Å². The molecular weight excluding hydrogens is 325 g/mol. The van der Waals surface area contributed by atoms with Gasteiger partial charge in [0.05, 0.1) is 10.0 Å². The lowest BCUT2D eigenvalue weighted by atomic mass is 10.1. The lowest BCUT2D eigenvalue weighted by Gasteiger charge is -2.32. The van der Waals surface area contributed by atoms with Crippen LogP contribution in [0.2, 0.25) is 10.0 Å². The Morgan fingerprint density at radius 1 is 1.32 bits per heavy atom. The minimum Gasteiger partial charge on any atom is -0.489 e. The average Bonchev–Trinajstić information content (AvgIpc) is 2.48. The highest BCUT2D eigenvalue weighted by molar-refractivity contribution is 6.42. The van der Waals surface area contributed by atoms with E-state index in [-0.39, 0.29) is 12.5 Å². The summed E-state index contributed by atoms with van der Waals surface area (Å²) in [7, 11) is 0. The van der Waals surface area contributed by atoms with Crippen molar-refractivity contribution in [2.45, 2.75) is 38.2 Å². The van der Waals surface area contributed by atoms with Crippen molar-refractivity contribution in [1.29, 1.82) is 0 Å². The first-order valence-corrected chi connectivity index (χ1v) is 8.36. The van der Waals surface area contributed by atoms with Gasteiger partial charge in [-0.15, -0.1) is 0 Å². The Balaban J connectivity index is 1.77. The Labute approximate surface area is 141 Å². The number of ether oxygens (including phenoxy) is 1. The number of aliphatic carboxylic acids is 1. The number of carboxylic acid groups (broad SMARTS) is 1. The molecule has 4 nitrogen and oxygen atoms in total. The molecule has 0 radical (unpaired) electrons. The first kappa shape index (κ1) is 17.4. The topological polar surface area (TPSA) is 49.8 Å². The van der Waals surface area contributed by atoms with Gasteiger partial charge in [0.2, 0.25) is 0 Å². The second kappa shape index (κ2) is 8.61. The van der Waals surface area contributed by atoms with Crippen LogP contribution in [0.25, 0.3) is 0 Å². The maximum atomic E-state index is 10.5. The van der Waals surface area contributed by atoms with Crippen LogP contribution >= 0.6 is 23.2 Å². The lowest BCUT2D eigenvalue weighted by molar-refractivity contribution is -0.137. The highest BCUT2D eigenvalue weighted by Gasteiger charge is 2.21. The number of carbonyl (C=O) groups is 1. The molecule has 1 saturated heterocycles. The zero-order valence-electron chi connectivity index (χ0n) is 12.4. The van der Waals surface area contributed by atoms with E-state index in [0.29, 0.717) is 10.0 Å². The van der Waals surface area contributed by atoms with E-state index in [1.807, 2.05) is 6.07 Å². The Hall–Kier alpha value is -0.970. The Morgan fingerprint density at radius 2 is 2.14 bits per heavy atom. The van der Waals surface area contributed by atoms with Crippen LogP contribution in [0.1, 0.15) is 32.1 Å². The fraction of sp³-hybridized carbons (Fsp3) is 0.562. The van der Waals surface area contributed by atoms with Crippen LogP contribution in [0.3, 0.4) is 0 Å². The van der Waals surface area contributed by atoms with Crippen molar-refractivity contribution in [2.24, 2.45) is 0 Å². The Morgan fingerprint density at radius 3 is 2.86 bits per heavy atom. The van der Waals surface area contributed by atoms with Crippen molar-refractivity contribution in [1.82, 2.24) is 4.90 Å². The number of piperidine rings is 1. The van der Waals surface area contributed by atoms with Gasteiger partial charge in [-0.05, 0) is 50.9 Å². The number of likely N-dealkylation sites (tertiary alicyclic amines) is 1. The normalized spacial score (nSPS) is 19.1. The molecule has 1 fully saturated rings. The molecule has 0 aromatic heterocycles. The molecule has 22 heavy (non-hydrogen) atoms. The van der Waals surface area contributed by atoms with Crippen molar-refractivity contribution in [3.63, 3.8) is 0 Å². The average molecular weight is 346 g/mol. The first-order valence-electron chi connectivity index (χ1n) is 7.60. The van der Waals surface area contributed by atoms with E-state index < -0.39 is 5.97 Å². The third kappa shape index (κ3) is 5.67. The van der Waals surface area contributed by atoms with Crippen LogP contribution < -0.4 is 4.74 Å². The largest absolute Gasteiger partial charge is 0.489 e. The van der Waals surface area contributed by atoms with Crippen LogP contribution in [0.5, 0.6) is 5.75 Å². The van der Waals surface area contributed by atoms with Gasteiger partial charge in [-0.3, -0.25) is 9.69 Å². The van der Waals surface area contributed by atoms with Gasteiger partial charge in [0.1, 0.15) is 11.9 Å². The van der Waals surface area contributed by atoms with Gasteiger partial charge in [0.15, 0.2) is 0 Å². The van der Waals surface area contributed by atoms with E-state index in [0.717, 1.165) is 51.1 Å². The molecule has 0 spiro atoms. The van der Waals surface area contributed by atoms with Gasteiger partial charge in [-0.2, -0.15) is 0 Å². The number of halogens is 2. The summed E-state index contributed by atoms with van der Waals surface area (Å²) in [5.41, 5.74) is 0. The highest BCUT2D eigenvalue weighted by Crippen LogP contribution is 2.28. The van der Waals surface area contributed by atoms with E-state index in [2.05, 4.69) is 4.90 Å². The fourth-order valence-corrected chi connectivity index (χ4v) is 2.95. The highest BCUT2D eigenvalue weighted by atomic mass is 35.5. The molecule has 1 N–H and O–H groups in total. The quantitative estimate of drug-likeness (QED) is 0.756. The van der Waals surface area contributed by atoms with Crippen molar-refractivity contribution in [2.75, 3.05) is 19.6 Å². The summed E-state index contributed by atoms with van der Waals surface area (Å²) in [5, 5.41) is 9.67. The number of hydrogen-bond donors (Lipinski definition) is 1. The van der Waals surface area contributed by atoms with E-state index >= 15 is 0 Å². The number of nitrogens with zero attached hydrogens (tertiary/aromatic N) is 1. The molecule has 1 atom stereocenters. The number of carboxylic acids is 1. The van der Waals surface area contributed by atoms with E-state index in [9.17, 15) is 4.79 Å². The van der Waals surface area contributed by atoms with Gasteiger partial charge in [0.25, 0.3) is 0 Å². The van der Waals surface area contributed by atoms with Crippen molar-refractivity contribution >= 4 is 29.2 Å². The molecule has 1 aliphatic rings. The number of hydrogen-bond acceptors (Lipinski definition) is 3. The third-order valence-corrected chi connectivity index (χ3v) is 4.51. The van der Waals surface area contributed by atoms with Crippen molar-refractivity contribution in [3.8, 4) is 5.75 Å². The molecule has 0 amide bonds.